The average molecular weight is 692 g/mol. The fraction of sp³-hybridized carbons (Fsp3) is 0.531. The van der Waals surface area contributed by atoms with E-state index in [9.17, 15) is 23.1 Å². The third-order valence-corrected chi connectivity index (χ3v) is 11.4. The number of carbonyl (C=O) groups excluding carboxylic acids is 2. The van der Waals surface area contributed by atoms with Gasteiger partial charge in [0, 0.05) is 38.3 Å². The molecule has 4 rings (SSSR count). The standard InChI is InChI=1S/C32H45N5O8S2/c1-20-17-37(21(2)19-38)31(39)26-16-25(33-32(40)34-30-23(4)35-45-24(30)5)12-13-27(26)44-22(3)10-7-8-14-43-28(20)18-36(6)47(41,42)29-11-9-15-46-29/h9,11-13,15-16,20-22,28,38H,7-8,10,14,17-19H2,1-6H3,(H2,33,34,40)/t20-,21-,22+,28-/m1/s1. The highest BCUT2D eigenvalue weighted by Gasteiger charge is 2.32. The minimum absolute atomic E-state index is 0.0847. The normalized spacial score (nSPS) is 20.6. The summed E-state index contributed by atoms with van der Waals surface area (Å²) in [4.78, 5) is 28.8. The van der Waals surface area contributed by atoms with Gasteiger partial charge in [0.05, 0.1) is 30.4 Å². The summed E-state index contributed by atoms with van der Waals surface area (Å²) in [7, 11) is -2.19. The lowest BCUT2D eigenvalue weighted by atomic mass is 10.0. The fourth-order valence-corrected chi connectivity index (χ4v) is 7.70. The summed E-state index contributed by atoms with van der Waals surface area (Å²) in [6, 6.07) is 7.00. The third-order valence-electron chi connectivity index (χ3n) is 8.18. The minimum atomic E-state index is -3.72. The Morgan fingerprint density at radius 2 is 1.98 bits per heavy atom. The van der Waals surface area contributed by atoms with Crippen LogP contribution >= 0.6 is 11.3 Å². The van der Waals surface area contributed by atoms with Crippen molar-refractivity contribution in [3.63, 3.8) is 0 Å². The molecule has 3 aromatic rings. The number of sulfonamides is 1. The monoisotopic (exact) mass is 691 g/mol. The average Bonchev–Trinajstić information content (AvgIpc) is 3.69. The lowest BCUT2D eigenvalue weighted by molar-refractivity contribution is -0.00832. The van der Waals surface area contributed by atoms with Gasteiger partial charge in [0.15, 0.2) is 5.76 Å². The Morgan fingerprint density at radius 3 is 2.64 bits per heavy atom. The molecule has 3 amide bonds. The number of fused-ring (bicyclic) bond motifs is 1. The molecular formula is C32H45N5O8S2. The first kappa shape index (κ1) is 36.3. The maximum atomic E-state index is 14.3. The zero-order valence-electron chi connectivity index (χ0n) is 27.7. The van der Waals surface area contributed by atoms with Crippen molar-refractivity contribution in [2.24, 2.45) is 5.92 Å². The molecule has 0 saturated heterocycles. The topological polar surface area (TPSA) is 164 Å². The van der Waals surface area contributed by atoms with Crippen LogP contribution in [-0.2, 0) is 14.8 Å². The van der Waals surface area contributed by atoms with Gasteiger partial charge >= 0.3 is 6.03 Å². The number of carbonyl (C=O) groups is 2. The Hall–Kier alpha value is -3.50. The van der Waals surface area contributed by atoms with Crippen molar-refractivity contribution in [2.75, 3.05) is 44.0 Å². The van der Waals surface area contributed by atoms with E-state index in [1.54, 1.807) is 61.4 Å². The van der Waals surface area contributed by atoms with Crippen molar-refractivity contribution >= 4 is 44.7 Å². The zero-order chi connectivity index (χ0) is 34.3. The second-order valence-corrected chi connectivity index (χ2v) is 15.2. The number of aryl methyl sites for hydroxylation is 2. The zero-order valence-corrected chi connectivity index (χ0v) is 29.3. The first-order valence-corrected chi connectivity index (χ1v) is 18.0. The number of nitrogens with zero attached hydrogens (tertiary/aromatic N) is 3. The highest BCUT2D eigenvalue weighted by atomic mass is 32.2. The number of hydrogen-bond donors (Lipinski definition) is 3. The number of aliphatic hydroxyl groups excluding tert-OH is 1. The Labute approximate surface area is 280 Å². The molecule has 15 heteroatoms. The predicted molar refractivity (Wildman–Crippen MR) is 180 cm³/mol. The molecule has 1 aromatic carbocycles. The van der Waals surface area contributed by atoms with E-state index in [1.165, 1.54) is 11.4 Å². The number of anilines is 2. The van der Waals surface area contributed by atoms with Gasteiger partial charge in [-0.3, -0.25) is 4.79 Å². The SMILES string of the molecule is Cc1noc(C)c1NC(=O)Nc1ccc2c(c1)C(=O)N([C@H](C)CO)C[C@@H](C)[C@@H](CN(C)S(=O)(=O)c1cccs1)OCCCC[C@H](C)O2. The molecule has 0 fully saturated rings. The van der Waals surface area contributed by atoms with E-state index < -0.39 is 34.1 Å². The van der Waals surface area contributed by atoms with Crippen molar-refractivity contribution < 1.29 is 37.1 Å². The van der Waals surface area contributed by atoms with E-state index in [2.05, 4.69) is 15.8 Å². The van der Waals surface area contributed by atoms with Crippen molar-refractivity contribution in [3.8, 4) is 5.75 Å². The van der Waals surface area contributed by atoms with Gasteiger partial charge in [0.1, 0.15) is 21.3 Å². The van der Waals surface area contributed by atoms with Crippen LogP contribution in [-0.4, -0.2) is 91.4 Å². The molecule has 0 radical (unpaired) electrons. The summed E-state index contributed by atoms with van der Waals surface area (Å²) in [5, 5.41) is 21.3. The molecule has 47 heavy (non-hydrogen) atoms. The first-order valence-electron chi connectivity index (χ1n) is 15.7. The number of amides is 3. The van der Waals surface area contributed by atoms with Crippen molar-refractivity contribution in [2.45, 2.75) is 76.3 Å². The molecule has 3 N–H and O–H groups in total. The number of aromatic nitrogens is 1. The number of thiophene rings is 1. The maximum absolute atomic E-state index is 14.3. The second-order valence-electron chi connectivity index (χ2n) is 12.0. The van der Waals surface area contributed by atoms with E-state index in [4.69, 9.17) is 14.0 Å². The summed E-state index contributed by atoms with van der Waals surface area (Å²) in [5.74, 6) is 0.0847. The number of aliphatic hydroxyl groups is 1. The minimum Gasteiger partial charge on any atom is -0.490 e. The molecule has 1 aliphatic rings. The maximum Gasteiger partial charge on any atom is 0.323 e. The van der Waals surface area contributed by atoms with Crippen LogP contribution < -0.4 is 15.4 Å². The number of benzene rings is 1. The molecule has 13 nitrogen and oxygen atoms in total. The number of likely N-dealkylation sites (N-methyl/N-ethyl adjacent to an activating group) is 1. The van der Waals surface area contributed by atoms with Gasteiger partial charge in [-0.15, -0.1) is 11.3 Å². The van der Waals surface area contributed by atoms with Crippen LogP contribution in [0.2, 0.25) is 0 Å². The van der Waals surface area contributed by atoms with Gasteiger partial charge in [0.2, 0.25) is 0 Å². The summed E-state index contributed by atoms with van der Waals surface area (Å²) in [5.41, 5.74) is 1.55. The molecule has 258 valence electrons. The van der Waals surface area contributed by atoms with Crippen LogP contribution in [0.25, 0.3) is 0 Å². The molecular weight excluding hydrogens is 647 g/mol. The Kier molecular flexibility index (Phi) is 12.4. The predicted octanol–water partition coefficient (Wildman–Crippen LogP) is 5.11. The molecule has 1 aliphatic heterocycles. The first-order chi connectivity index (χ1) is 22.3. The molecule has 0 bridgehead atoms. The quantitative estimate of drug-likeness (QED) is 0.291. The van der Waals surface area contributed by atoms with E-state index >= 15 is 0 Å². The van der Waals surface area contributed by atoms with Gasteiger partial charge in [0.25, 0.3) is 15.9 Å². The molecule has 4 atom stereocenters. The number of hydrogen-bond acceptors (Lipinski definition) is 10. The van der Waals surface area contributed by atoms with Gasteiger partial charge < -0.3 is 34.6 Å². The molecule has 0 unspecified atom stereocenters. The summed E-state index contributed by atoms with van der Waals surface area (Å²) >= 11 is 1.15. The summed E-state index contributed by atoms with van der Waals surface area (Å²) < 4.78 is 45.7. The van der Waals surface area contributed by atoms with Crippen LogP contribution in [0.15, 0.2) is 44.4 Å². The largest absolute Gasteiger partial charge is 0.490 e. The third kappa shape index (κ3) is 9.11. The highest BCUT2D eigenvalue weighted by molar-refractivity contribution is 7.91. The van der Waals surface area contributed by atoms with Crippen molar-refractivity contribution in [1.29, 1.82) is 0 Å². The van der Waals surface area contributed by atoms with Crippen LogP contribution in [0.5, 0.6) is 5.75 Å². The van der Waals surface area contributed by atoms with E-state index in [0.29, 0.717) is 41.6 Å². The molecule has 3 heterocycles. The number of rotatable bonds is 8. The van der Waals surface area contributed by atoms with E-state index in [0.717, 1.165) is 24.2 Å². The van der Waals surface area contributed by atoms with Crippen molar-refractivity contribution in [3.05, 3.63) is 52.7 Å². The van der Waals surface area contributed by atoms with Gasteiger partial charge in [-0.1, -0.05) is 18.1 Å². The Bertz CT molecular complexity index is 1590. The Morgan fingerprint density at radius 1 is 1.21 bits per heavy atom. The molecule has 2 aromatic heterocycles. The lowest BCUT2D eigenvalue weighted by Crippen LogP contribution is -2.48. The Balaban J connectivity index is 1.63. The molecule has 0 saturated carbocycles. The summed E-state index contributed by atoms with van der Waals surface area (Å²) in [6.07, 6.45) is 1.47. The lowest BCUT2D eigenvalue weighted by Gasteiger charge is -2.35. The fourth-order valence-electron chi connectivity index (χ4n) is 5.32. The van der Waals surface area contributed by atoms with Gasteiger partial charge in [-0.05, 0) is 76.6 Å². The molecule has 0 aliphatic carbocycles. The number of urea groups is 1. The second kappa shape index (κ2) is 16.1. The smallest absolute Gasteiger partial charge is 0.323 e. The summed E-state index contributed by atoms with van der Waals surface area (Å²) in [6.45, 7) is 9.33. The van der Waals surface area contributed by atoms with E-state index in [-0.39, 0.29) is 41.5 Å². The number of nitrogens with one attached hydrogen (secondary N) is 2. The van der Waals surface area contributed by atoms with Crippen LogP contribution in [0, 0.1) is 19.8 Å². The van der Waals surface area contributed by atoms with Crippen molar-refractivity contribution in [1.82, 2.24) is 14.4 Å². The molecule has 0 spiro atoms. The van der Waals surface area contributed by atoms with Crippen LogP contribution in [0.1, 0.15) is 61.8 Å². The van der Waals surface area contributed by atoms with Crippen LogP contribution in [0.4, 0.5) is 16.2 Å². The van der Waals surface area contributed by atoms with Crippen LogP contribution in [0.3, 0.4) is 0 Å². The number of ether oxygens (including phenoxy) is 2. The highest BCUT2D eigenvalue weighted by Crippen LogP contribution is 2.29. The van der Waals surface area contributed by atoms with Gasteiger partial charge in [-0.25, -0.2) is 13.2 Å². The van der Waals surface area contributed by atoms with Gasteiger partial charge in [-0.2, -0.15) is 4.31 Å². The van der Waals surface area contributed by atoms with E-state index in [1.807, 2.05) is 13.8 Å².